The van der Waals surface area contributed by atoms with Crippen LogP contribution in [-0.2, 0) is 6.42 Å². The van der Waals surface area contributed by atoms with E-state index in [4.69, 9.17) is 4.74 Å². The molecule has 98 valence electrons. The van der Waals surface area contributed by atoms with E-state index < -0.39 is 0 Å². The summed E-state index contributed by atoms with van der Waals surface area (Å²) in [5.74, 6) is 1.09. The molecule has 3 rings (SSSR count). The molecule has 2 heteroatoms. The molecule has 18 heavy (non-hydrogen) atoms. The lowest BCUT2D eigenvalue weighted by Crippen LogP contribution is -2.34. The van der Waals surface area contributed by atoms with E-state index in [0.717, 1.165) is 31.2 Å². The number of para-hydroxylation sites is 1. The Morgan fingerprint density at radius 3 is 2.78 bits per heavy atom. The number of hydrogen-bond donors (Lipinski definition) is 1. The minimum Gasteiger partial charge on any atom is -0.490 e. The second-order valence-electron chi connectivity index (χ2n) is 6.58. The lowest BCUT2D eigenvalue weighted by atomic mass is 9.85. The van der Waals surface area contributed by atoms with Crippen molar-refractivity contribution in [1.82, 2.24) is 5.32 Å². The molecule has 1 aromatic rings. The molecule has 0 amide bonds. The molecular formula is C16H23NO. The Hall–Kier alpha value is -1.02. The predicted octanol–water partition coefficient (Wildman–Crippen LogP) is 3.16. The molecule has 1 saturated carbocycles. The summed E-state index contributed by atoms with van der Waals surface area (Å²) >= 11 is 0. The largest absolute Gasteiger partial charge is 0.490 e. The highest BCUT2D eigenvalue weighted by atomic mass is 16.5. The number of nitrogens with one attached hydrogen (secondary N) is 1. The van der Waals surface area contributed by atoms with Crippen molar-refractivity contribution < 1.29 is 4.74 Å². The second-order valence-corrected chi connectivity index (χ2v) is 6.58. The molecule has 2 nitrogen and oxygen atoms in total. The lowest BCUT2D eigenvalue weighted by molar-refractivity contribution is 0.154. The third-order valence-electron chi connectivity index (χ3n) is 3.94. The molecule has 1 fully saturated rings. The van der Waals surface area contributed by atoms with Crippen LogP contribution in [0.5, 0.6) is 5.75 Å². The van der Waals surface area contributed by atoms with Crippen molar-refractivity contribution in [3.05, 3.63) is 29.8 Å². The van der Waals surface area contributed by atoms with Crippen LogP contribution in [0.1, 0.15) is 38.7 Å². The van der Waals surface area contributed by atoms with E-state index >= 15 is 0 Å². The van der Waals surface area contributed by atoms with Crippen molar-refractivity contribution in [2.75, 3.05) is 6.54 Å². The van der Waals surface area contributed by atoms with Crippen LogP contribution in [0.3, 0.4) is 0 Å². The van der Waals surface area contributed by atoms with E-state index in [1.165, 1.54) is 18.4 Å². The van der Waals surface area contributed by atoms with E-state index in [1.807, 2.05) is 0 Å². The first-order valence-electron chi connectivity index (χ1n) is 7.10. The molecule has 1 atom stereocenters. The van der Waals surface area contributed by atoms with Gasteiger partial charge < -0.3 is 10.1 Å². The smallest absolute Gasteiger partial charge is 0.123 e. The molecule has 1 N–H and O–H groups in total. The van der Waals surface area contributed by atoms with Gasteiger partial charge in [-0.25, -0.2) is 0 Å². The number of benzene rings is 1. The fourth-order valence-corrected chi connectivity index (χ4v) is 2.76. The molecule has 0 aromatic heterocycles. The number of ether oxygens (including phenoxy) is 1. The van der Waals surface area contributed by atoms with Gasteiger partial charge in [0.15, 0.2) is 0 Å². The summed E-state index contributed by atoms with van der Waals surface area (Å²) in [6.45, 7) is 5.79. The fraction of sp³-hybridized carbons (Fsp3) is 0.625. The summed E-state index contributed by atoms with van der Waals surface area (Å²) in [4.78, 5) is 0. The third-order valence-corrected chi connectivity index (χ3v) is 3.94. The summed E-state index contributed by atoms with van der Waals surface area (Å²) in [6.07, 6.45) is 5.28. The highest BCUT2D eigenvalue weighted by molar-refractivity contribution is 5.37. The molecule has 0 bridgehead atoms. The molecule has 1 aliphatic carbocycles. The molecular weight excluding hydrogens is 222 g/mol. The molecule has 1 aromatic carbocycles. The van der Waals surface area contributed by atoms with E-state index in [-0.39, 0.29) is 0 Å². The minimum absolute atomic E-state index is 0.315. The van der Waals surface area contributed by atoms with Gasteiger partial charge in [-0.3, -0.25) is 0 Å². The van der Waals surface area contributed by atoms with Crippen LogP contribution < -0.4 is 10.1 Å². The fourth-order valence-electron chi connectivity index (χ4n) is 2.76. The van der Waals surface area contributed by atoms with Gasteiger partial charge in [-0.2, -0.15) is 0 Å². The Balaban J connectivity index is 1.54. The molecule has 0 radical (unpaired) electrons. The second kappa shape index (κ2) is 4.58. The Morgan fingerprint density at radius 2 is 2.06 bits per heavy atom. The average molecular weight is 245 g/mol. The number of hydrogen-bond acceptors (Lipinski definition) is 2. The highest BCUT2D eigenvalue weighted by Gasteiger charge is 2.31. The Labute approximate surface area is 110 Å². The summed E-state index contributed by atoms with van der Waals surface area (Å²) < 4.78 is 6.04. The standard InChI is InChI=1S/C16H23NO/c1-16(2,11-17-13-7-8-13)10-14-9-12-5-3-4-6-15(12)18-14/h3-6,13-14,17H,7-11H2,1-2H3. The van der Waals surface area contributed by atoms with Crippen molar-refractivity contribution >= 4 is 0 Å². The van der Waals surface area contributed by atoms with Gasteiger partial charge >= 0.3 is 0 Å². The van der Waals surface area contributed by atoms with Gasteiger partial charge in [0.1, 0.15) is 11.9 Å². The Morgan fingerprint density at radius 1 is 1.28 bits per heavy atom. The van der Waals surface area contributed by atoms with Crippen LogP contribution in [-0.4, -0.2) is 18.7 Å². The zero-order valence-electron chi connectivity index (χ0n) is 11.4. The van der Waals surface area contributed by atoms with Crippen molar-refractivity contribution in [2.45, 2.75) is 51.7 Å². The number of rotatable bonds is 5. The maximum Gasteiger partial charge on any atom is 0.123 e. The van der Waals surface area contributed by atoms with Gasteiger partial charge in [-0.15, -0.1) is 0 Å². The first kappa shape index (κ1) is 12.0. The van der Waals surface area contributed by atoms with Crippen molar-refractivity contribution in [1.29, 1.82) is 0 Å². The summed E-state index contributed by atoms with van der Waals surface area (Å²) in [6, 6.07) is 9.23. The molecule has 0 saturated heterocycles. The van der Waals surface area contributed by atoms with E-state index in [2.05, 4.69) is 43.4 Å². The van der Waals surface area contributed by atoms with E-state index in [9.17, 15) is 0 Å². The van der Waals surface area contributed by atoms with Crippen LogP contribution in [0, 0.1) is 5.41 Å². The Bertz CT molecular complexity index is 398. The molecule has 0 spiro atoms. The normalized spacial score (nSPS) is 22.7. The van der Waals surface area contributed by atoms with Crippen LogP contribution in [0.15, 0.2) is 24.3 Å². The van der Waals surface area contributed by atoms with Crippen molar-refractivity contribution in [3.8, 4) is 5.75 Å². The first-order chi connectivity index (χ1) is 8.62. The third kappa shape index (κ3) is 2.86. The predicted molar refractivity (Wildman–Crippen MR) is 74.0 cm³/mol. The van der Waals surface area contributed by atoms with Gasteiger partial charge in [0.25, 0.3) is 0 Å². The molecule has 1 aliphatic heterocycles. The van der Waals surface area contributed by atoms with Gasteiger partial charge in [-0.05, 0) is 36.3 Å². The van der Waals surface area contributed by atoms with Crippen LogP contribution >= 0.6 is 0 Å². The van der Waals surface area contributed by atoms with Gasteiger partial charge in [-0.1, -0.05) is 32.0 Å². The first-order valence-corrected chi connectivity index (χ1v) is 7.10. The maximum atomic E-state index is 6.04. The summed E-state index contributed by atoms with van der Waals surface area (Å²) in [5.41, 5.74) is 1.68. The SMILES string of the molecule is CC(C)(CNC1CC1)CC1Cc2ccccc2O1. The number of fused-ring (bicyclic) bond motifs is 1. The van der Waals surface area contributed by atoms with Crippen LogP contribution in [0.2, 0.25) is 0 Å². The lowest BCUT2D eigenvalue weighted by Gasteiger charge is -2.28. The van der Waals surface area contributed by atoms with Crippen LogP contribution in [0.4, 0.5) is 0 Å². The average Bonchev–Trinajstić information content (AvgIpc) is 3.06. The van der Waals surface area contributed by atoms with E-state index in [1.54, 1.807) is 0 Å². The van der Waals surface area contributed by atoms with Crippen molar-refractivity contribution in [2.24, 2.45) is 5.41 Å². The minimum atomic E-state index is 0.315. The zero-order valence-corrected chi connectivity index (χ0v) is 11.4. The van der Waals surface area contributed by atoms with Gasteiger partial charge in [0.2, 0.25) is 0 Å². The summed E-state index contributed by atoms with van der Waals surface area (Å²) in [7, 11) is 0. The Kier molecular flexibility index (Phi) is 3.06. The van der Waals surface area contributed by atoms with Crippen molar-refractivity contribution in [3.63, 3.8) is 0 Å². The highest BCUT2D eigenvalue weighted by Crippen LogP contribution is 2.34. The van der Waals surface area contributed by atoms with E-state index in [0.29, 0.717) is 11.5 Å². The quantitative estimate of drug-likeness (QED) is 0.860. The molecule has 2 aliphatic rings. The molecule has 1 heterocycles. The maximum absolute atomic E-state index is 6.04. The monoisotopic (exact) mass is 245 g/mol. The summed E-state index contributed by atoms with van der Waals surface area (Å²) in [5, 5.41) is 3.64. The van der Waals surface area contributed by atoms with Gasteiger partial charge in [0.05, 0.1) is 0 Å². The topological polar surface area (TPSA) is 21.3 Å². The zero-order chi connectivity index (χ0) is 12.6. The van der Waals surface area contributed by atoms with Gasteiger partial charge in [0, 0.05) is 19.0 Å². The molecule has 1 unspecified atom stereocenters. The van der Waals surface area contributed by atoms with Crippen LogP contribution in [0.25, 0.3) is 0 Å².